The van der Waals surface area contributed by atoms with Gasteiger partial charge in [-0.15, -0.1) is 11.3 Å². The fourth-order valence-corrected chi connectivity index (χ4v) is 7.62. The number of anilines is 1. The third-order valence-corrected chi connectivity index (χ3v) is 10.3. The van der Waals surface area contributed by atoms with Gasteiger partial charge in [0.15, 0.2) is 5.13 Å². The lowest BCUT2D eigenvalue weighted by molar-refractivity contribution is -0.149. The molecule has 0 aromatic carbocycles. The van der Waals surface area contributed by atoms with E-state index in [0.29, 0.717) is 44.2 Å². The lowest BCUT2D eigenvalue weighted by Crippen LogP contribution is -2.58. The van der Waals surface area contributed by atoms with E-state index in [1.54, 1.807) is 11.8 Å². The van der Waals surface area contributed by atoms with Gasteiger partial charge in [0.2, 0.25) is 17.7 Å². The molecule has 3 N–H and O–H groups in total. The number of piperazine rings is 1. The molecular weight excluding hydrogens is 492 g/mol. The Labute approximate surface area is 223 Å². The van der Waals surface area contributed by atoms with Gasteiger partial charge in [0.25, 0.3) is 0 Å². The number of hydrogen-bond acceptors (Lipinski definition) is 7. The normalized spacial score (nSPS) is 31.9. The molecule has 4 rings (SSSR count). The third-order valence-electron chi connectivity index (χ3n) is 9.25. The molecule has 206 valence electrons. The summed E-state index contributed by atoms with van der Waals surface area (Å²) in [6.07, 6.45) is 1.57. The third kappa shape index (κ3) is 5.04. The standard InChI is InChI=1S/C27H42N4O5S/c1-16(33)30-9-11-31(12-10-30)21(35)13-17-22-18(37-24(28-22)29-23(36)25(2,3)4)14-19-26(17,5)8-7-20(34)27(19,6)15-32/h17,19-20,32,34H,7-15H2,1-6H3,(H,28,29,36). The Hall–Kier alpha value is -2.04. The maximum absolute atomic E-state index is 13.6. The Morgan fingerprint density at radius 1 is 1.14 bits per heavy atom. The van der Waals surface area contributed by atoms with Crippen LogP contribution in [0.5, 0.6) is 0 Å². The number of aliphatic hydroxyl groups excluding tert-OH is 2. The summed E-state index contributed by atoms with van der Waals surface area (Å²) in [6.45, 7) is 13.2. The first-order valence-electron chi connectivity index (χ1n) is 13.3. The van der Waals surface area contributed by atoms with Gasteiger partial charge in [0.05, 0.1) is 18.4 Å². The van der Waals surface area contributed by atoms with Gasteiger partial charge >= 0.3 is 0 Å². The molecular formula is C27H42N4O5S. The number of aliphatic hydroxyl groups is 2. The first kappa shape index (κ1) is 28.0. The van der Waals surface area contributed by atoms with Crippen molar-refractivity contribution in [1.82, 2.24) is 14.8 Å². The summed E-state index contributed by atoms with van der Waals surface area (Å²) in [7, 11) is 0. The molecule has 0 bridgehead atoms. The molecule has 5 unspecified atom stereocenters. The lowest BCUT2D eigenvalue weighted by Gasteiger charge is -2.58. The Kier molecular flexibility index (Phi) is 7.51. The number of amides is 3. The van der Waals surface area contributed by atoms with Gasteiger partial charge < -0.3 is 25.3 Å². The van der Waals surface area contributed by atoms with E-state index in [9.17, 15) is 24.6 Å². The Bertz CT molecular complexity index is 1060. The molecule has 1 aromatic rings. The summed E-state index contributed by atoms with van der Waals surface area (Å²) in [4.78, 5) is 47.5. The molecule has 37 heavy (non-hydrogen) atoms. The van der Waals surface area contributed by atoms with Crippen LogP contribution in [0.2, 0.25) is 0 Å². The zero-order chi connectivity index (χ0) is 27.3. The van der Waals surface area contributed by atoms with Crippen LogP contribution in [0.25, 0.3) is 0 Å². The van der Waals surface area contributed by atoms with E-state index in [-0.39, 0.29) is 48.0 Å². The van der Waals surface area contributed by atoms with Gasteiger partial charge in [0, 0.05) is 61.1 Å². The molecule has 2 aliphatic carbocycles. The highest BCUT2D eigenvalue weighted by molar-refractivity contribution is 7.15. The number of aromatic nitrogens is 1. The lowest BCUT2D eigenvalue weighted by atomic mass is 9.47. The second kappa shape index (κ2) is 9.93. The first-order valence-corrected chi connectivity index (χ1v) is 14.2. The van der Waals surface area contributed by atoms with Gasteiger partial charge in [-0.2, -0.15) is 0 Å². The van der Waals surface area contributed by atoms with Crippen molar-refractivity contribution in [2.75, 3.05) is 38.1 Å². The van der Waals surface area contributed by atoms with E-state index in [1.165, 1.54) is 11.3 Å². The molecule has 10 heteroatoms. The summed E-state index contributed by atoms with van der Waals surface area (Å²) < 4.78 is 0. The van der Waals surface area contributed by atoms with Crippen molar-refractivity contribution in [3.8, 4) is 0 Å². The summed E-state index contributed by atoms with van der Waals surface area (Å²) in [5, 5.41) is 24.9. The number of rotatable bonds is 4. The average molecular weight is 535 g/mol. The van der Waals surface area contributed by atoms with Crippen molar-refractivity contribution in [3.05, 3.63) is 10.6 Å². The minimum Gasteiger partial charge on any atom is -0.396 e. The number of hydrogen-bond donors (Lipinski definition) is 3. The minimum absolute atomic E-state index is 0.0238. The largest absolute Gasteiger partial charge is 0.396 e. The van der Waals surface area contributed by atoms with Gasteiger partial charge in [-0.1, -0.05) is 34.6 Å². The molecule has 3 aliphatic rings. The van der Waals surface area contributed by atoms with Crippen molar-refractivity contribution < 1.29 is 24.6 Å². The number of carbonyl (C=O) groups is 3. The second-order valence-corrected chi connectivity index (χ2v) is 13.7. The highest BCUT2D eigenvalue weighted by Gasteiger charge is 2.59. The number of thiazole rings is 1. The summed E-state index contributed by atoms with van der Waals surface area (Å²) in [5.74, 6) is -0.301. The highest BCUT2D eigenvalue weighted by atomic mass is 32.1. The van der Waals surface area contributed by atoms with Gasteiger partial charge in [0.1, 0.15) is 0 Å². The fourth-order valence-electron chi connectivity index (χ4n) is 6.56. The molecule has 2 heterocycles. The van der Waals surface area contributed by atoms with E-state index >= 15 is 0 Å². The molecule has 1 aliphatic heterocycles. The Balaban J connectivity index is 1.67. The van der Waals surface area contributed by atoms with Crippen LogP contribution < -0.4 is 5.32 Å². The van der Waals surface area contributed by atoms with Crippen LogP contribution in [-0.4, -0.2) is 81.6 Å². The number of nitrogens with zero attached hydrogens (tertiary/aromatic N) is 3. The molecule has 3 amide bonds. The van der Waals surface area contributed by atoms with Crippen molar-refractivity contribution in [3.63, 3.8) is 0 Å². The quantitative estimate of drug-likeness (QED) is 0.546. The second-order valence-electron chi connectivity index (χ2n) is 12.7. The van der Waals surface area contributed by atoms with E-state index in [2.05, 4.69) is 12.2 Å². The van der Waals surface area contributed by atoms with Crippen LogP contribution in [0.4, 0.5) is 5.13 Å². The van der Waals surface area contributed by atoms with Gasteiger partial charge in [-0.25, -0.2) is 4.98 Å². The van der Waals surface area contributed by atoms with E-state index in [0.717, 1.165) is 17.0 Å². The van der Waals surface area contributed by atoms with Crippen LogP contribution in [0.15, 0.2) is 0 Å². The monoisotopic (exact) mass is 534 g/mol. The molecule has 0 radical (unpaired) electrons. The van der Waals surface area contributed by atoms with Crippen molar-refractivity contribution in [2.24, 2.45) is 22.2 Å². The van der Waals surface area contributed by atoms with E-state index < -0.39 is 16.9 Å². The number of fused-ring (bicyclic) bond motifs is 2. The van der Waals surface area contributed by atoms with Crippen molar-refractivity contribution >= 4 is 34.2 Å². The minimum atomic E-state index is -0.697. The molecule has 5 atom stereocenters. The topological polar surface area (TPSA) is 123 Å². The molecule has 1 saturated heterocycles. The summed E-state index contributed by atoms with van der Waals surface area (Å²) >= 11 is 1.44. The number of nitrogens with one attached hydrogen (secondary N) is 1. The zero-order valence-electron chi connectivity index (χ0n) is 23.0. The Morgan fingerprint density at radius 3 is 2.32 bits per heavy atom. The SMILES string of the molecule is CC(=O)N1CCN(C(=O)CC2c3nc(NC(=O)C(C)(C)C)sc3CC3C(C)(CO)C(O)CCC23C)CC1. The van der Waals surface area contributed by atoms with Gasteiger partial charge in [-0.05, 0) is 30.6 Å². The highest BCUT2D eigenvalue weighted by Crippen LogP contribution is 2.63. The predicted octanol–water partition coefficient (Wildman–Crippen LogP) is 2.62. The summed E-state index contributed by atoms with van der Waals surface area (Å²) in [5.41, 5.74) is -0.749. The van der Waals surface area contributed by atoms with Crippen molar-refractivity contribution in [1.29, 1.82) is 0 Å². The zero-order valence-corrected chi connectivity index (χ0v) is 23.8. The fraction of sp³-hybridized carbons (Fsp3) is 0.778. The van der Waals surface area contributed by atoms with Gasteiger partial charge in [-0.3, -0.25) is 14.4 Å². The van der Waals surface area contributed by atoms with Crippen LogP contribution in [0.3, 0.4) is 0 Å². The molecule has 1 saturated carbocycles. The maximum Gasteiger partial charge on any atom is 0.231 e. The van der Waals surface area contributed by atoms with Crippen LogP contribution in [0.1, 0.15) is 77.3 Å². The van der Waals surface area contributed by atoms with Crippen molar-refractivity contribution in [2.45, 2.75) is 79.2 Å². The maximum atomic E-state index is 13.6. The number of carbonyl (C=O) groups excluding carboxylic acids is 3. The van der Waals surface area contributed by atoms with E-state index in [4.69, 9.17) is 4.98 Å². The Morgan fingerprint density at radius 2 is 1.76 bits per heavy atom. The average Bonchev–Trinajstić information content (AvgIpc) is 3.24. The smallest absolute Gasteiger partial charge is 0.231 e. The summed E-state index contributed by atoms with van der Waals surface area (Å²) in [6, 6.07) is 0. The van der Waals surface area contributed by atoms with Crippen LogP contribution >= 0.6 is 11.3 Å². The first-order chi connectivity index (χ1) is 17.2. The molecule has 2 fully saturated rings. The molecule has 0 spiro atoms. The van der Waals surface area contributed by atoms with Crippen LogP contribution in [0, 0.1) is 22.2 Å². The van der Waals surface area contributed by atoms with Crippen LogP contribution in [-0.2, 0) is 20.8 Å². The molecule has 9 nitrogen and oxygen atoms in total. The van der Waals surface area contributed by atoms with E-state index in [1.807, 2.05) is 32.6 Å². The molecule has 1 aromatic heterocycles. The predicted molar refractivity (Wildman–Crippen MR) is 142 cm³/mol.